The van der Waals surface area contributed by atoms with Crippen LogP contribution in [0.1, 0.15) is 41.2 Å². The standard InChI is InChI=1S/C22H23FN2O2/c1-27-19-10-7-16-12-21(24-20(16)13-19)22(26)25-11-3-2-4-17(14-25)15-5-8-18(23)9-6-15/h5-10,12-13,17,24H,2-4,11,14H2,1H3/t17-/m0/s1. The van der Waals surface area contributed by atoms with Crippen LogP contribution in [-0.2, 0) is 0 Å². The molecule has 1 amide bonds. The minimum Gasteiger partial charge on any atom is -0.497 e. The number of hydrogen-bond donors (Lipinski definition) is 1. The molecule has 4 rings (SSSR count). The first-order chi connectivity index (χ1) is 13.1. The smallest absolute Gasteiger partial charge is 0.270 e. The third-order valence-corrected chi connectivity index (χ3v) is 5.36. The van der Waals surface area contributed by atoms with Crippen molar-refractivity contribution in [2.45, 2.75) is 25.2 Å². The van der Waals surface area contributed by atoms with Gasteiger partial charge in [0.2, 0.25) is 0 Å². The molecule has 1 fully saturated rings. The van der Waals surface area contributed by atoms with E-state index in [-0.39, 0.29) is 17.6 Å². The van der Waals surface area contributed by atoms with E-state index in [0.29, 0.717) is 12.2 Å². The topological polar surface area (TPSA) is 45.3 Å². The van der Waals surface area contributed by atoms with E-state index in [2.05, 4.69) is 4.98 Å². The van der Waals surface area contributed by atoms with Gasteiger partial charge in [0.05, 0.1) is 7.11 Å². The molecule has 1 aliphatic heterocycles. The third-order valence-electron chi connectivity index (χ3n) is 5.36. The first kappa shape index (κ1) is 17.6. The zero-order valence-electron chi connectivity index (χ0n) is 15.4. The second kappa shape index (κ2) is 7.43. The average Bonchev–Trinajstić information content (AvgIpc) is 2.96. The molecule has 3 aromatic rings. The maximum atomic E-state index is 13.2. The summed E-state index contributed by atoms with van der Waals surface area (Å²) in [5, 5.41) is 0.990. The summed E-state index contributed by atoms with van der Waals surface area (Å²) in [5.74, 6) is 0.781. The van der Waals surface area contributed by atoms with Crippen molar-refractivity contribution in [3.8, 4) is 5.75 Å². The maximum Gasteiger partial charge on any atom is 0.270 e. The van der Waals surface area contributed by atoms with Crippen LogP contribution in [0, 0.1) is 5.82 Å². The van der Waals surface area contributed by atoms with Crippen molar-refractivity contribution in [1.29, 1.82) is 0 Å². The van der Waals surface area contributed by atoms with E-state index in [4.69, 9.17) is 4.74 Å². The fourth-order valence-corrected chi connectivity index (χ4v) is 3.85. The number of nitrogens with one attached hydrogen (secondary N) is 1. The van der Waals surface area contributed by atoms with Crippen molar-refractivity contribution in [1.82, 2.24) is 9.88 Å². The highest BCUT2D eigenvalue weighted by Gasteiger charge is 2.25. The lowest BCUT2D eigenvalue weighted by atomic mass is 9.94. The number of fused-ring (bicyclic) bond motifs is 1. The molecule has 1 N–H and O–H groups in total. The number of carbonyl (C=O) groups excluding carboxylic acids is 1. The van der Waals surface area contributed by atoms with Crippen LogP contribution < -0.4 is 4.74 Å². The van der Waals surface area contributed by atoms with Gasteiger partial charge in [-0.3, -0.25) is 4.79 Å². The number of carbonyl (C=O) groups is 1. The summed E-state index contributed by atoms with van der Waals surface area (Å²) < 4.78 is 18.5. The molecule has 0 bridgehead atoms. The van der Waals surface area contributed by atoms with Crippen LogP contribution in [0.3, 0.4) is 0 Å². The number of amides is 1. The van der Waals surface area contributed by atoms with E-state index in [9.17, 15) is 9.18 Å². The molecule has 140 valence electrons. The zero-order valence-corrected chi connectivity index (χ0v) is 15.4. The van der Waals surface area contributed by atoms with Gasteiger partial charge in [0, 0.05) is 36.0 Å². The fourth-order valence-electron chi connectivity index (χ4n) is 3.85. The second-order valence-corrected chi connectivity index (χ2v) is 7.13. The van der Waals surface area contributed by atoms with Gasteiger partial charge in [-0.2, -0.15) is 0 Å². The van der Waals surface area contributed by atoms with Gasteiger partial charge in [-0.05, 0) is 48.7 Å². The lowest BCUT2D eigenvalue weighted by Gasteiger charge is -2.24. The molecular weight excluding hydrogens is 343 g/mol. The predicted octanol–water partition coefficient (Wildman–Crippen LogP) is 4.73. The van der Waals surface area contributed by atoms with Gasteiger partial charge in [-0.1, -0.05) is 18.6 Å². The first-order valence-electron chi connectivity index (χ1n) is 9.35. The predicted molar refractivity (Wildman–Crippen MR) is 104 cm³/mol. The molecule has 2 heterocycles. The average molecular weight is 366 g/mol. The molecule has 4 nitrogen and oxygen atoms in total. The molecule has 2 aromatic carbocycles. The summed E-state index contributed by atoms with van der Waals surface area (Å²) in [4.78, 5) is 18.3. The molecule has 0 radical (unpaired) electrons. The summed E-state index contributed by atoms with van der Waals surface area (Å²) in [6.07, 6.45) is 3.06. The Morgan fingerprint density at radius 1 is 1.15 bits per heavy atom. The number of aromatic nitrogens is 1. The van der Waals surface area contributed by atoms with Gasteiger partial charge >= 0.3 is 0 Å². The van der Waals surface area contributed by atoms with Crippen LogP contribution in [0.5, 0.6) is 5.75 Å². The number of halogens is 1. The fraction of sp³-hybridized carbons (Fsp3) is 0.318. The monoisotopic (exact) mass is 366 g/mol. The Hall–Kier alpha value is -2.82. The maximum absolute atomic E-state index is 13.2. The van der Waals surface area contributed by atoms with Gasteiger partial charge in [0.25, 0.3) is 5.91 Å². The van der Waals surface area contributed by atoms with Crippen LogP contribution in [0.15, 0.2) is 48.5 Å². The summed E-state index contributed by atoms with van der Waals surface area (Å²) in [6, 6.07) is 14.3. The van der Waals surface area contributed by atoms with Crippen molar-refractivity contribution in [2.24, 2.45) is 0 Å². The number of hydrogen-bond acceptors (Lipinski definition) is 2. The highest BCUT2D eigenvalue weighted by atomic mass is 19.1. The van der Waals surface area contributed by atoms with E-state index in [1.165, 1.54) is 12.1 Å². The highest BCUT2D eigenvalue weighted by molar-refractivity contribution is 5.98. The van der Waals surface area contributed by atoms with Crippen molar-refractivity contribution >= 4 is 16.8 Å². The van der Waals surface area contributed by atoms with Crippen LogP contribution >= 0.6 is 0 Å². The summed E-state index contributed by atoms with van der Waals surface area (Å²) in [5.41, 5.74) is 2.58. The summed E-state index contributed by atoms with van der Waals surface area (Å²) in [7, 11) is 1.63. The van der Waals surface area contributed by atoms with Gasteiger partial charge in [-0.15, -0.1) is 0 Å². The van der Waals surface area contributed by atoms with E-state index in [1.807, 2.05) is 41.3 Å². The van der Waals surface area contributed by atoms with Crippen molar-refractivity contribution in [3.63, 3.8) is 0 Å². The molecule has 1 atom stereocenters. The molecule has 1 aromatic heterocycles. The number of H-pyrrole nitrogens is 1. The van der Waals surface area contributed by atoms with Gasteiger partial charge in [-0.25, -0.2) is 4.39 Å². The molecule has 0 unspecified atom stereocenters. The third kappa shape index (κ3) is 3.68. The molecular formula is C22H23FN2O2. The lowest BCUT2D eigenvalue weighted by Crippen LogP contribution is -2.34. The number of likely N-dealkylation sites (tertiary alicyclic amines) is 1. The Morgan fingerprint density at radius 2 is 1.96 bits per heavy atom. The molecule has 27 heavy (non-hydrogen) atoms. The zero-order chi connectivity index (χ0) is 18.8. The number of rotatable bonds is 3. The van der Waals surface area contributed by atoms with Gasteiger partial charge < -0.3 is 14.6 Å². The van der Waals surface area contributed by atoms with Crippen LogP contribution in [-0.4, -0.2) is 36.0 Å². The highest BCUT2D eigenvalue weighted by Crippen LogP contribution is 2.28. The Bertz CT molecular complexity index is 949. The Labute approximate surface area is 157 Å². The Balaban J connectivity index is 1.57. The minimum atomic E-state index is -0.228. The molecule has 5 heteroatoms. The number of aromatic amines is 1. The van der Waals surface area contributed by atoms with E-state index in [0.717, 1.165) is 48.0 Å². The van der Waals surface area contributed by atoms with E-state index < -0.39 is 0 Å². The summed E-state index contributed by atoms with van der Waals surface area (Å²) >= 11 is 0. The quantitative estimate of drug-likeness (QED) is 0.729. The first-order valence-corrected chi connectivity index (χ1v) is 9.35. The van der Waals surface area contributed by atoms with Crippen molar-refractivity contribution in [2.75, 3.05) is 20.2 Å². The number of benzene rings is 2. The lowest BCUT2D eigenvalue weighted by molar-refractivity contribution is 0.0749. The van der Waals surface area contributed by atoms with E-state index >= 15 is 0 Å². The van der Waals surface area contributed by atoms with Gasteiger partial charge in [0.15, 0.2) is 0 Å². The Kier molecular flexibility index (Phi) is 4.84. The van der Waals surface area contributed by atoms with Crippen LogP contribution in [0.4, 0.5) is 4.39 Å². The van der Waals surface area contributed by atoms with Crippen molar-refractivity contribution in [3.05, 3.63) is 65.6 Å². The Morgan fingerprint density at radius 3 is 2.74 bits per heavy atom. The van der Waals surface area contributed by atoms with Crippen LogP contribution in [0.2, 0.25) is 0 Å². The molecule has 1 aliphatic rings. The summed E-state index contributed by atoms with van der Waals surface area (Å²) in [6.45, 7) is 1.40. The molecule has 1 saturated heterocycles. The van der Waals surface area contributed by atoms with Crippen molar-refractivity contribution < 1.29 is 13.9 Å². The minimum absolute atomic E-state index is 0.0131. The largest absolute Gasteiger partial charge is 0.497 e. The number of methoxy groups -OCH3 is 1. The molecule has 0 spiro atoms. The number of nitrogens with zero attached hydrogens (tertiary/aromatic N) is 1. The second-order valence-electron chi connectivity index (χ2n) is 7.13. The van der Waals surface area contributed by atoms with E-state index in [1.54, 1.807) is 7.11 Å². The molecule has 0 aliphatic carbocycles. The van der Waals surface area contributed by atoms with Gasteiger partial charge in [0.1, 0.15) is 17.3 Å². The number of ether oxygens (including phenoxy) is 1. The van der Waals surface area contributed by atoms with Crippen LogP contribution in [0.25, 0.3) is 10.9 Å². The molecule has 0 saturated carbocycles. The normalized spacial score (nSPS) is 17.7. The SMILES string of the molecule is COc1ccc2cc(C(=O)N3CCCC[C@H](c4ccc(F)cc4)C3)[nH]c2c1.